The van der Waals surface area contributed by atoms with E-state index in [1.54, 1.807) is 0 Å². The predicted molar refractivity (Wildman–Crippen MR) is 91.7 cm³/mol. The summed E-state index contributed by atoms with van der Waals surface area (Å²) in [7, 11) is 0. The molecule has 0 spiro atoms. The molecule has 2 nitrogen and oxygen atoms in total. The summed E-state index contributed by atoms with van der Waals surface area (Å²) in [4.78, 5) is 11.7. The fourth-order valence-corrected chi connectivity index (χ4v) is 3.74. The van der Waals surface area contributed by atoms with E-state index in [4.69, 9.17) is 4.74 Å². The molecule has 0 saturated heterocycles. The third-order valence-corrected chi connectivity index (χ3v) is 5.46. The Balaban J connectivity index is 1.34. The Kier molecular flexibility index (Phi) is 7.75. The molecule has 0 aromatic carbocycles. The van der Waals surface area contributed by atoms with E-state index < -0.39 is 0 Å². The molecule has 0 heterocycles. The third-order valence-electron chi connectivity index (χ3n) is 5.46. The normalized spacial score (nSPS) is 25.0. The predicted octanol–water partition coefficient (Wildman–Crippen LogP) is 5.89. The zero-order chi connectivity index (χ0) is 15.8. The lowest BCUT2D eigenvalue weighted by molar-refractivity contribution is -0.148. The Hall–Kier alpha value is -0.530. The van der Waals surface area contributed by atoms with E-state index in [1.807, 2.05) is 6.92 Å². The van der Waals surface area contributed by atoms with Gasteiger partial charge in [-0.05, 0) is 56.8 Å². The van der Waals surface area contributed by atoms with Gasteiger partial charge in [0.25, 0.3) is 0 Å². The van der Waals surface area contributed by atoms with Crippen molar-refractivity contribution in [2.24, 2.45) is 17.8 Å². The maximum absolute atomic E-state index is 11.7. The van der Waals surface area contributed by atoms with Crippen molar-refractivity contribution < 1.29 is 9.53 Å². The van der Waals surface area contributed by atoms with Gasteiger partial charge < -0.3 is 4.74 Å². The second-order valence-electron chi connectivity index (χ2n) is 7.75. The first kappa shape index (κ1) is 17.8. The van der Waals surface area contributed by atoms with E-state index in [0.29, 0.717) is 6.42 Å². The lowest BCUT2D eigenvalue weighted by Crippen LogP contribution is -2.14. The molecule has 2 heteroatoms. The Labute approximate surface area is 137 Å². The van der Waals surface area contributed by atoms with Crippen molar-refractivity contribution in [1.82, 2.24) is 0 Å². The molecule has 2 aliphatic carbocycles. The highest BCUT2D eigenvalue weighted by atomic mass is 16.5. The van der Waals surface area contributed by atoms with E-state index in [1.165, 1.54) is 57.8 Å². The van der Waals surface area contributed by atoms with Gasteiger partial charge in [-0.1, -0.05) is 51.9 Å². The van der Waals surface area contributed by atoms with E-state index in [-0.39, 0.29) is 12.1 Å². The van der Waals surface area contributed by atoms with Gasteiger partial charge in [-0.2, -0.15) is 0 Å². The minimum absolute atomic E-state index is 0.00820. The molecule has 0 radical (unpaired) electrons. The lowest BCUT2D eigenvalue weighted by atomic mass is 10.1. The first-order valence-corrected chi connectivity index (χ1v) is 9.90. The van der Waals surface area contributed by atoms with Gasteiger partial charge in [0.1, 0.15) is 0 Å². The Morgan fingerprint density at radius 3 is 2.55 bits per heavy atom. The summed E-state index contributed by atoms with van der Waals surface area (Å²) >= 11 is 0. The lowest BCUT2D eigenvalue weighted by Gasteiger charge is -2.12. The van der Waals surface area contributed by atoms with Crippen LogP contribution in [0.1, 0.15) is 97.3 Å². The van der Waals surface area contributed by atoms with E-state index in [9.17, 15) is 4.79 Å². The van der Waals surface area contributed by atoms with Crippen LogP contribution in [0.2, 0.25) is 0 Å². The highest BCUT2D eigenvalue weighted by Crippen LogP contribution is 2.56. The number of carbonyl (C=O) groups excluding carboxylic acids is 1. The second-order valence-corrected chi connectivity index (χ2v) is 7.75. The van der Waals surface area contributed by atoms with E-state index >= 15 is 0 Å². The number of carbonyl (C=O) groups is 1. The summed E-state index contributed by atoms with van der Waals surface area (Å²) in [6.07, 6.45) is 16.3. The highest BCUT2D eigenvalue weighted by Gasteiger charge is 2.46. The monoisotopic (exact) mass is 308 g/mol. The maximum atomic E-state index is 11.7. The fourth-order valence-electron chi connectivity index (χ4n) is 3.74. The second kappa shape index (κ2) is 9.57. The van der Waals surface area contributed by atoms with Gasteiger partial charge in [-0.15, -0.1) is 0 Å². The van der Waals surface area contributed by atoms with E-state index in [0.717, 1.165) is 37.0 Å². The van der Waals surface area contributed by atoms with Crippen LogP contribution in [0, 0.1) is 17.8 Å². The summed E-state index contributed by atoms with van der Waals surface area (Å²) in [6.45, 7) is 4.18. The molecule has 2 fully saturated rings. The number of esters is 1. The first-order valence-electron chi connectivity index (χ1n) is 9.90. The molecule has 0 aromatic heterocycles. The van der Waals surface area contributed by atoms with Crippen LogP contribution in [-0.2, 0) is 9.53 Å². The molecular formula is C20H36O2. The van der Waals surface area contributed by atoms with Crippen LogP contribution < -0.4 is 0 Å². The molecule has 2 aliphatic rings. The standard InChI is InChI=1S/C20H36O2/c1-3-4-10-16(2)22-20(21)12-9-7-5-6-8-11-18-15-19(18)17-13-14-17/h16-19H,3-15H2,1-2H3. The Morgan fingerprint density at radius 2 is 1.82 bits per heavy atom. The molecule has 128 valence electrons. The van der Waals surface area contributed by atoms with Crippen LogP contribution in [0.5, 0.6) is 0 Å². The van der Waals surface area contributed by atoms with Gasteiger partial charge in [0.15, 0.2) is 0 Å². The zero-order valence-corrected chi connectivity index (χ0v) is 14.8. The van der Waals surface area contributed by atoms with Crippen molar-refractivity contribution in [3.05, 3.63) is 0 Å². The molecule has 22 heavy (non-hydrogen) atoms. The molecular weight excluding hydrogens is 272 g/mol. The van der Waals surface area contributed by atoms with Gasteiger partial charge in [-0.3, -0.25) is 4.79 Å². The highest BCUT2D eigenvalue weighted by molar-refractivity contribution is 5.69. The van der Waals surface area contributed by atoms with Gasteiger partial charge in [0, 0.05) is 6.42 Å². The molecule has 3 atom stereocenters. The first-order chi connectivity index (χ1) is 10.7. The van der Waals surface area contributed by atoms with Gasteiger partial charge >= 0.3 is 5.97 Å². The Bertz CT molecular complexity index is 322. The molecule has 2 rings (SSSR count). The van der Waals surface area contributed by atoms with Crippen molar-refractivity contribution in [2.45, 2.75) is 103 Å². The fraction of sp³-hybridized carbons (Fsp3) is 0.950. The summed E-state index contributed by atoms with van der Waals surface area (Å²) < 4.78 is 5.42. The smallest absolute Gasteiger partial charge is 0.306 e. The summed E-state index contributed by atoms with van der Waals surface area (Å²) in [5.74, 6) is 3.36. The number of ether oxygens (including phenoxy) is 1. The van der Waals surface area contributed by atoms with Crippen molar-refractivity contribution in [3.8, 4) is 0 Å². The molecule has 0 amide bonds. The number of rotatable bonds is 13. The molecule has 0 bridgehead atoms. The zero-order valence-electron chi connectivity index (χ0n) is 14.8. The molecule has 0 N–H and O–H groups in total. The van der Waals surface area contributed by atoms with Gasteiger partial charge in [0.05, 0.1) is 6.10 Å². The minimum Gasteiger partial charge on any atom is -0.463 e. The topological polar surface area (TPSA) is 26.3 Å². The van der Waals surface area contributed by atoms with Gasteiger partial charge in [0.2, 0.25) is 0 Å². The van der Waals surface area contributed by atoms with E-state index in [2.05, 4.69) is 6.92 Å². The van der Waals surface area contributed by atoms with Crippen LogP contribution in [0.3, 0.4) is 0 Å². The van der Waals surface area contributed by atoms with Crippen LogP contribution in [-0.4, -0.2) is 12.1 Å². The maximum Gasteiger partial charge on any atom is 0.306 e. The molecule has 0 aromatic rings. The minimum atomic E-state index is 0.00820. The SMILES string of the molecule is CCCCC(C)OC(=O)CCCCCCCC1CC1C1CC1. The summed E-state index contributed by atoms with van der Waals surface area (Å²) in [5.41, 5.74) is 0. The van der Waals surface area contributed by atoms with Gasteiger partial charge in [-0.25, -0.2) is 0 Å². The third kappa shape index (κ3) is 7.15. The molecule has 3 unspecified atom stereocenters. The largest absolute Gasteiger partial charge is 0.463 e. The van der Waals surface area contributed by atoms with Crippen LogP contribution in [0.25, 0.3) is 0 Å². The Morgan fingerprint density at radius 1 is 1.09 bits per heavy atom. The van der Waals surface area contributed by atoms with Crippen molar-refractivity contribution in [1.29, 1.82) is 0 Å². The van der Waals surface area contributed by atoms with Crippen molar-refractivity contribution in [2.75, 3.05) is 0 Å². The summed E-state index contributed by atoms with van der Waals surface area (Å²) in [5, 5.41) is 0. The van der Waals surface area contributed by atoms with Crippen molar-refractivity contribution in [3.63, 3.8) is 0 Å². The van der Waals surface area contributed by atoms with Crippen LogP contribution in [0.15, 0.2) is 0 Å². The average molecular weight is 309 g/mol. The summed E-state index contributed by atoms with van der Waals surface area (Å²) in [6, 6.07) is 0. The van der Waals surface area contributed by atoms with Crippen LogP contribution >= 0.6 is 0 Å². The molecule has 0 aliphatic heterocycles. The quantitative estimate of drug-likeness (QED) is 0.313. The van der Waals surface area contributed by atoms with Crippen molar-refractivity contribution >= 4 is 5.97 Å². The average Bonchev–Trinajstić information content (AvgIpc) is 3.36. The molecule has 2 saturated carbocycles. The van der Waals surface area contributed by atoms with Crippen LogP contribution in [0.4, 0.5) is 0 Å². The number of hydrogen-bond acceptors (Lipinski definition) is 2. The number of unbranched alkanes of at least 4 members (excludes halogenated alkanes) is 5. The number of hydrogen-bond donors (Lipinski definition) is 0.